The largest absolute Gasteiger partial charge is 0.495 e. The van der Waals surface area contributed by atoms with E-state index in [1.165, 1.54) is 20.4 Å². The van der Waals surface area contributed by atoms with Crippen LogP contribution in [0.2, 0.25) is 0 Å². The lowest BCUT2D eigenvalue weighted by Gasteiger charge is -2.20. The molecule has 0 fully saturated rings. The highest BCUT2D eigenvalue weighted by Gasteiger charge is 2.32. The molecule has 206 valence electrons. The first kappa shape index (κ1) is 27.7. The SMILES string of the molecule is CCn1cc(-c2ccc(OC)c(Nc3ncc(Br)c(Nc4ccc5nccnc5c4P(=O)(OC)OC)n3)c2)cn1. The predicted molar refractivity (Wildman–Crippen MR) is 157 cm³/mol. The average Bonchev–Trinajstić information content (AvgIpc) is 3.48. The van der Waals surface area contributed by atoms with Gasteiger partial charge >= 0.3 is 7.60 Å². The summed E-state index contributed by atoms with van der Waals surface area (Å²) in [4.78, 5) is 17.8. The van der Waals surface area contributed by atoms with E-state index in [2.05, 4.69) is 51.6 Å². The van der Waals surface area contributed by atoms with Gasteiger partial charge < -0.3 is 24.4 Å². The number of ether oxygens (including phenoxy) is 1. The molecule has 0 saturated heterocycles. The van der Waals surface area contributed by atoms with E-state index in [4.69, 9.17) is 13.8 Å². The number of rotatable bonds is 10. The molecule has 0 unspecified atom stereocenters. The van der Waals surface area contributed by atoms with Gasteiger partial charge in [0.25, 0.3) is 0 Å². The third kappa shape index (κ3) is 5.41. The molecular weight excluding hydrogens is 599 g/mol. The van der Waals surface area contributed by atoms with Crippen LogP contribution in [-0.2, 0) is 20.2 Å². The van der Waals surface area contributed by atoms with Crippen molar-refractivity contribution < 1.29 is 18.3 Å². The molecule has 3 aromatic heterocycles. The second-order valence-corrected chi connectivity index (χ2v) is 11.4. The Labute approximate surface area is 238 Å². The van der Waals surface area contributed by atoms with E-state index in [0.717, 1.165) is 17.7 Å². The Balaban J connectivity index is 1.52. The lowest BCUT2D eigenvalue weighted by atomic mass is 10.1. The first-order valence-electron chi connectivity index (χ1n) is 12.1. The van der Waals surface area contributed by atoms with Gasteiger partial charge in [0.15, 0.2) is 0 Å². The number of fused-ring (bicyclic) bond motifs is 1. The molecule has 0 bridgehead atoms. The van der Waals surface area contributed by atoms with Gasteiger partial charge in [-0.05, 0) is 52.7 Å². The van der Waals surface area contributed by atoms with Gasteiger partial charge in [-0.2, -0.15) is 10.1 Å². The minimum atomic E-state index is -3.74. The number of aryl methyl sites for hydroxylation is 1. The van der Waals surface area contributed by atoms with E-state index in [-0.39, 0.29) is 5.30 Å². The summed E-state index contributed by atoms with van der Waals surface area (Å²) in [5.41, 5.74) is 3.95. The molecular formula is C26H26BrN8O4P. The van der Waals surface area contributed by atoms with Crippen LogP contribution < -0.4 is 20.7 Å². The standard InChI is InChI=1S/C26H26BrN8O4P/c1-5-35-15-17(13-31-35)16-6-9-22(37-2)21(12-16)33-26-30-14-18(27)25(34-26)32-20-8-7-19-23(29-11-10-28-19)24(20)40(36,38-3)39-4/h6-15H,5H2,1-4H3,(H2,30,32,33,34). The number of nitrogens with one attached hydrogen (secondary N) is 2. The summed E-state index contributed by atoms with van der Waals surface area (Å²) < 4.78 is 32.2. The molecule has 0 aliphatic carbocycles. The minimum absolute atomic E-state index is 0.241. The van der Waals surface area contributed by atoms with Gasteiger partial charge in [-0.1, -0.05) is 6.07 Å². The zero-order valence-electron chi connectivity index (χ0n) is 22.1. The van der Waals surface area contributed by atoms with Gasteiger partial charge in [-0.25, -0.2) is 4.98 Å². The van der Waals surface area contributed by atoms with E-state index in [1.807, 2.05) is 42.2 Å². The number of benzene rings is 2. The second-order valence-electron chi connectivity index (χ2n) is 8.39. The maximum Gasteiger partial charge on any atom is 0.365 e. The highest BCUT2D eigenvalue weighted by Crippen LogP contribution is 2.49. The number of methoxy groups -OCH3 is 1. The average molecular weight is 625 g/mol. The molecule has 0 amide bonds. The summed E-state index contributed by atoms with van der Waals surface area (Å²) in [5, 5.41) is 11.1. The molecule has 0 spiro atoms. The fraction of sp³-hybridized carbons (Fsp3) is 0.192. The minimum Gasteiger partial charge on any atom is -0.495 e. The second kappa shape index (κ2) is 11.7. The first-order chi connectivity index (χ1) is 19.4. The summed E-state index contributed by atoms with van der Waals surface area (Å²) in [7, 11) is 0.492. The van der Waals surface area contributed by atoms with Crippen molar-refractivity contribution in [2.75, 3.05) is 32.0 Å². The maximum absolute atomic E-state index is 13.6. The Morgan fingerprint density at radius 3 is 2.48 bits per heavy atom. The Kier molecular flexibility index (Phi) is 8.08. The van der Waals surface area contributed by atoms with Crippen LogP contribution in [0.5, 0.6) is 5.75 Å². The van der Waals surface area contributed by atoms with Crippen molar-refractivity contribution in [3.8, 4) is 16.9 Å². The summed E-state index contributed by atoms with van der Waals surface area (Å²) in [6.07, 6.45) is 8.47. The van der Waals surface area contributed by atoms with Crippen molar-refractivity contribution in [3.05, 3.63) is 65.8 Å². The molecule has 5 aromatic rings. The van der Waals surface area contributed by atoms with Crippen LogP contribution in [0, 0.1) is 0 Å². The number of halogens is 1. The molecule has 0 atom stereocenters. The van der Waals surface area contributed by atoms with Crippen molar-refractivity contribution >= 4 is 63.0 Å². The molecule has 2 aromatic carbocycles. The van der Waals surface area contributed by atoms with Gasteiger partial charge in [0.2, 0.25) is 5.95 Å². The van der Waals surface area contributed by atoms with Crippen LogP contribution in [0.15, 0.2) is 65.8 Å². The zero-order valence-corrected chi connectivity index (χ0v) is 24.6. The summed E-state index contributed by atoms with van der Waals surface area (Å²) in [6.45, 7) is 2.81. The number of hydrogen-bond acceptors (Lipinski definition) is 11. The molecule has 3 heterocycles. The first-order valence-corrected chi connectivity index (χ1v) is 14.5. The van der Waals surface area contributed by atoms with Crippen LogP contribution in [0.1, 0.15) is 6.92 Å². The Morgan fingerprint density at radius 1 is 0.950 bits per heavy atom. The van der Waals surface area contributed by atoms with E-state index < -0.39 is 7.60 Å². The van der Waals surface area contributed by atoms with Crippen molar-refractivity contribution in [2.24, 2.45) is 0 Å². The lowest BCUT2D eigenvalue weighted by molar-refractivity contribution is 0.287. The van der Waals surface area contributed by atoms with E-state index >= 15 is 0 Å². The van der Waals surface area contributed by atoms with Gasteiger partial charge in [-0.15, -0.1) is 0 Å². The van der Waals surface area contributed by atoms with Crippen LogP contribution in [0.25, 0.3) is 22.2 Å². The number of aromatic nitrogens is 6. The maximum atomic E-state index is 13.6. The van der Waals surface area contributed by atoms with Crippen LogP contribution in [0.4, 0.5) is 23.1 Å². The fourth-order valence-corrected chi connectivity index (χ4v) is 5.75. The normalized spacial score (nSPS) is 11.5. The molecule has 2 N–H and O–H groups in total. The molecule has 0 radical (unpaired) electrons. The third-order valence-corrected chi connectivity index (χ3v) is 8.64. The quantitative estimate of drug-likeness (QED) is 0.186. The third-order valence-electron chi connectivity index (χ3n) is 6.10. The highest BCUT2D eigenvalue weighted by molar-refractivity contribution is 9.10. The Morgan fingerprint density at radius 2 is 1.75 bits per heavy atom. The molecule has 40 heavy (non-hydrogen) atoms. The van der Waals surface area contributed by atoms with E-state index in [9.17, 15) is 4.57 Å². The van der Waals surface area contributed by atoms with Gasteiger partial charge in [0, 0.05) is 51.1 Å². The van der Waals surface area contributed by atoms with Crippen molar-refractivity contribution in [1.82, 2.24) is 29.7 Å². The highest BCUT2D eigenvalue weighted by atomic mass is 79.9. The zero-order chi connectivity index (χ0) is 28.3. The van der Waals surface area contributed by atoms with Crippen molar-refractivity contribution in [2.45, 2.75) is 13.5 Å². The molecule has 0 aliphatic heterocycles. The predicted octanol–water partition coefficient (Wildman–Crippen LogP) is 5.67. The smallest absolute Gasteiger partial charge is 0.365 e. The van der Waals surface area contributed by atoms with Crippen molar-refractivity contribution in [1.29, 1.82) is 0 Å². The summed E-state index contributed by atoms with van der Waals surface area (Å²) in [6, 6.07) is 9.26. The van der Waals surface area contributed by atoms with Crippen LogP contribution >= 0.6 is 23.5 Å². The monoisotopic (exact) mass is 624 g/mol. The molecule has 5 rings (SSSR count). The van der Waals surface area contributed by atoms with Gasteiger partial charge in [0.05, 0.1) is 34.7 Å². The van der Waals surface area contributed by atoms with Crippen LogP contribution in [-0.4, -0.2) is 51.0 Å². The summed E-state index contributed by atoms with van der Waals surface area (Å²) >= 11 is 3.50. The van der Waals surface area contributed by atoms with Gasteiger partial charge in [0.1, 0.15) is 22.4 Å². The molecule has 0 aliphatic rings. The van der Waals surface area contributed by atoms with Crippen molar-refractivity contribution in [3.63, 3.8) is 0 Å². The number of nitrogens with zero attached hydrogens (tertiary/aromatic N) is 6. The fourth-order valence-electron chi connectivity index (χ4n) is 4.09. The van der Waals surface area contributed by atoms with E-state index in [0.29, 0.717) is 44.4 Å². The van der Waals surface area contributed by atoms with Crippen LogP contribution in [0.3, 0.4) is 0 Å². The topological polar surface area (TPSA) is 138 Å². The Hall–Kier alpha value is -3.90. The molecule has 12 nitrogen and oxygen atoms in total. The molecule has 14 heteroatoms. The number of hydrogen-bond donors (Lipinski definition) is 2. The summed E-state index contributed by atoms with van der Waals surface area (Å²) in [5.74, 6) is 1.32. The van der Waals surface area contributed by atoms with E-state index in [1.54, 1.807) is 31.6 Å². The number of anilines is 4. The molecule has 0 saturated carbocycles. The van der Waals surface area contributed by atoms with Gasteiger partial charge in [-0.3, -0.25) is 19.2 Å². The Bertz CT molecular complexity index is 1720. The lowest BCUT2D eigenvalue weighted by Crippen LogP contribution is -2.16.